The van der Waals surface area contributed by atoms with Crippen LogP contribution in [0.2, 0.25) is 0 Å². The molecular weight excluding hydrogens is 354 g/mol. The van der Waals surface area contributed by atoms with Crippen molar-refractivity contribution >= 4 is 37.3 Å². The van der Waals surface area contributed by atoms with Crippen molar-refractivity contribution in [2.24, 2.45) is 0 Å². The van der Waals surface area contributed by atoms with E-state index in [1.54, 1.807) is 12.1 Å². The lowest BCUT2D eigenvalue weighted by Crippen LogP contribution is -2.15. The largest absolute Gasteiger partial charge is 0.394 e. The molecule has 0 bridgehead atoms. The van der Waals surface area contributed by atoms with Crippen molar-refractivity contribution in [3.63, 3.8) is 0 Å². The molecule has 2 aromatic carbocycles. The minimum atomic E-state index is -4.18. The maximum atomic E-state index is 13.7. The summed E-state index contributed by atoms with van der Waals surface area (Å²) in [7, 11) is -4.18. The number of nitrogen functional groups attached to an aromatic ring is 1. The van der Waals surface area contributed by atoms with Crippen LogP contribution in [0.25, 0.3) is 0 Å². The molecule has 0 atom stereocenters. The molecule has 0 aliphatic rings. The number of halogens is 3. The second-order valence-corrected chi connectivity index (χ2v) is 6.45. The zero-order valence-corrected chi connectivity index (χ0v) is 12.3. The standard InChI is InChI=1S/C12H9BrF2N2O2S/c13-7-1-3-8(4-2-7)17-20(18,19)10-6-5-9(14)12(16)11(10)15/h1-6,17H,16H2. The fourth-order valence-corrected chi connectivity index (χ4v) is 2.90. The molecule has 0 aliphatic carbocycles. The highest BCUT2D eigenvalue weighted by molar-refractivity contribution is 9.10. The second-order valence-electron chi connectivity index (χ2n) is 3.89. The fourth-order valence-electron chi connectivity index (χ4n) is 1.48. The first-order valence-electron chi connectivity index (χ1n) is 5.33. The van der Waals surface area contributed by atoms with E-state index >= 15 is 0 Å². The van der Waals surface area contributed by atoms with Crippen LogP contribution in [-0.4, -0.2) is 8.42 Å². The van der Waals surface area contributed by atoms with Crippen molar-refractivity contribution < 1.29 is 17.2 Å². The Labute approximate surface area is 122 Å². The van der Waals surface area contributed by atoms with Gasteiger partial charge in [0.1, 0.15) is 16.4 Å². The highest BCUT2D eigenvalue weighted by Crippen LogP contribution is 2.25. The zero-order chi connectivity index (χ0) is 14.9. The van der Waals surface area contributed by atoms with Crippen LogP contribution < -0.4 is 10.5 Å². The smallest absolute Gasteiger partial charge is 0.264 e. The Morgan fingerprint density at radius 3 is 2.25 bits per heavy atom. The Bertz CT molecular complexity index is 749. The average molecular weight is 363 g/mol. The van der Waals surface area contributed by atoms with Crippen LogP contribution in [-0.2, 0) is 10.0 Å². The Morgan fingerprint density at radius 2 is 1.65 bits per heavy atom. The number of hydrogen-bond acceptors (Lipinski definition) is 3. The van der Waals surface area contributed by atoms with Gasteiger partial charge in [0.2, 0.25) is 0 Å². The van der Waals surface area contributed by atoms with E-state index in [1.807, 2.05) is 0 Å². The quantitative estimate of drug-likeness (QED) is 0.824. The van der Waals surface area contributed by atoms with Gasteiger partial charge < -0.3 is 5.73 Å². The first-order valence-corrected chi connectivity index (χ1v) is 7.61. The first kappa shape index (κ1) is 14.7. The van der Waals surface area contributed by atoms with E-state index in [4.69, 9.17) is 5.73 Å². The summed E-state index contributed by atoms with van der Waals surface area (Å²) in [6.45, 7) is 0. The molecule has 0 radical (unpaired) electrons. The van der Waals surface area contributed by atoms with Crippen LogP contribution in [0, 0.1) is 11.6 Å². The van der Waals surface area contributed by atoms with Gasteiger partial charge in [0.25, 0.3) is 10.0 Å². The molecule has 0 aliphatic heterocycles. The monoisotopic (exact) mass is 362 g/mol. The Balaban J connectivity index is 2.41. The molecule has 0 heterocycles. The number of hydrogen-bond donors (Lipinski definition) is 2. The van der Waals surface area contributed by atoms with Crippen LogP contribution in [0.5, 0.6) is 0 Å². The van der Waals surface area contributed by atoms with E-state index < -0.39 is 32.2 Å². The van der Waals surface area contributed by atoms with Crippen molar-refractivity contribution in [3.8, 4) is 0 Å². The Hall–Kier alpha value is -1.67. The number of sulfonamides is 1. The van der Waals surface area contributed by atoms with Crippen molar-refractivity contribution in [2.45, 2.75) is 4.90 Å². The van der Waals surface area contributed by atoms with Gasteiger partial charge in [-0.1, -0.05) is 15.9 Å². The molecule has 20 heavy (non-hydrogen) atoms. The van der Waals surface area contributed by atoms with E-state index in [9.17, 15) is 17.2 Å². The molecule has 2 aromatic rings. The molecule has 0 fully saturated rings. The third kappa shape index (κ3) is 2.91. The number of benzene rings is 2. The molecule has 0 saturated heterocycles. The third-order valence-corrected chi connectivity index (χ3v) is 4.40. The zero-order valence-electron chi connectivity index (χ0n) is 9.90. The lowest BCUT2D eigenvalue weighted by atomic mass is 10.3. The van der Waals surface area contributed by atoms with Gasteiger partial charge in [-0.25, -0.2) is 17.2 Å². The van der Waals surface area contributed by atoms with Gasteiger partial charge in [0, 0.05) is 10.2 Å². The molecule has 106 valence electrons. The van der Waals surface area contributed by atoms with Crippen LogP contribution >= 0.6 is 15.9 Å². The summed E-state index contributed by atoms with van der Waals surface area (Å²) in [4.78, 5) is -0.709. The number of nitrogens with one attached hydrogen (secondary N) is 1. The lowest BCUT2D eigenvalue weighted by molar-refractivity contribution is 0.557. The summed E-state index contributed by atoms with van der Waals surface area (Å²) in [6, 6.07) is 7.84. The van der Waals surface area contributed by atoms with E-state index in [1.165, 1.54) is 12.1 Å². The average Bonchev–Trinajstić information content (AvgIpc) is 2.38. The van der Waals surface area contributed by atoms with Gasteiger partial charge in [-0.05, 0) is 36.4 Å². The Morgan fingerprint density at radius 1 is 1.05 bits per heavy atom. The van der Waals surface area contributed by atoms with E-state index in [0.717, 1.165) is 16.6 Å². The molecular formula is C12H9BrF2N2O2S. The summed E-state index contributed by atoms with van der Waals surface area (Å²) in [6.07, 6.45) is 0. The molecule has 8 heteroatoms. The van der Waals surface area contributed by atoms with E-state index in [2.05, 4.69) is 20.7 Å². The molecule has 0 aromatic heterocycles. The summed E-state index contributed by atoms with van der Waals surface area (Å²) < 4.78 is 53.8. The summed E-state index contributed by atoms with van der Waals surface area (Å²) >= 11 is 3.20. The predicted octanol–water partition coefficient (Wildman–Crippen LogP) is 3.11. The van der Waals surface area contributed by atoms with Crippen molar-refractivity contribution in [1.82, 2.24) is 0 Å². The molecule has 4 nitrogen and oxygen atoms in total. The molecule has 3 N–H and O–H groups in total. The van der Waals surface area contributed by atoms with Crippen molar-refractivity contribution in [1.29, 1.82) is 0 Å². The minimum Gasteiger partial charge on any atom is -0.394 e. The lowest BCUT2D eigenvalue weighted by Gasteiger charge is -2.10. The van der Waals surface area contributed by atoms with Gasteiger partial charge in [0.15, 0.2) is 5.82 Å². The first-order chi connectivity index (χ1) is 9.31. The van der Waals surface area contributed by atoms with Crippen LogP contribution in [0.1, 0.15) is 0 Å². The maximum Gasteiger partial charge on any atom is 0.264 e. The van der Waals surface area contributed by atoms with Gasteiger partial charge in [0.05, 0.1) is 0 Å². The van der Waals surface area contributed by atoms with Crippen LogP contribution in [0.4, 0.5) is 20.2 Å². The third-order valence-electron chi connectivity index (χ3n) is 2.48. The highest BCUT2D eigenvalue weighted by atomic mass is 79.9. The SMILES string of the molecule is Nc1c(F)ccc(S(=O)(=O)Nc2ccc(Br)cc2)c1F. The van der Waals surface area contributed by atoms with Gasteiger partial charge >= 0.3 is 0 Å². The molecule has 0 unspecified atom stereocenters. The van der Waals surface area contributed by atoms with E-state index in [0.29, 0.717) is 0 Å². The summed E-state index contributed by atoms with van der Waals surface area (Å²) in [5.74, 6) is -2.32. The number of rotatable bonds is 3. The summed E-state index contributed by atoms with van der Waals surface area (Å²) in [5.41, 5.74) is 4.56. The number of anilines is 2. The van der Waals surface area contributed by atoms with Gasteiger partial charge in [-0.2, -0.15) is 0 Å². The summed E-state index contributed by atoms with van der Waals surface area (Å²) in [5, 5.41) is 0. The normalized spacial score (nSPS) is 11.3. The molecule has 0 saturated carbocycles. The fraction of sp³-hybridized carbons (Fsp3) is 0. The molecule has 2 rings (SSSR count). The highest BCUT2D eigenvalue weighted by Gasteiger charge is 2.22. The minimum absolute atomic E-state index is 0.246. The van der Waals surface area contributed by atoms with Gasteiger partial charge in [-0.15, -0.1) is 0 Å². The topological polar surface area (TPSA) is 72.2 Å². The predicted molar refractivity (Wildman–Crippen MR) is 75.7 cm³/mol. The van der Waals surface area contributed by atoms with E-state index in [-0.39, 0.29) is 5.69 Å². The molecule has 0 spiro atoms. The van der Waals surface area contributed by atoms with Crippen molar-refractivity contribution in [3.05, 3.63) is 52.5 Å². The molecule has 0 amide bonds. The maximum absolute atomic E-state index is 13.7. The van der Waals surface area contributed by atoms with Crippen LogP contribution in [0.3, 0.4) is 0 Å². The second kappa shape index (κ2) is 5.37. The van der Waals surface area contributed by atoms with Crippen molar-refractivity contribution in [2.75, 3.05) is 10.5 Å². The Kier molecular flexibility index (Phi) is 3.96. The number of nitrogens with two attached hydrogens (primary N) is 1. The van der Waals surface area contributed by atoms with Gasteiger partial charge in [-0.3, -0.25) is 4.72 Å². The van der Waals surface area contributed by atoms with Crippen LogP contribution in [0.15, 0.2) is 45.8 Å².